The lowest BCUT2D eigenvalue weighted by molar-refractivity contribution is 0.102. The number of nitrogens with zero attached hydrogens (tertiary/aromatic N) is 4. The van der Waals surface area contributed by atoms with Gasteiger partial charge in [0.25, 0.3) is 5.91 Å². The van der Waals surface area contributed by atoms with E-state index in [0.29, 0.717) is 16.9 Å². The Bertz CT molecular complexity index is 686. The van der Waals surface area contributed by atoms with Crippen LogP contribution in [0.25, 0.3) is 0 Å². The summed E-state index contributed by atoms with van der Waals surface area (Å²) in [6, 6.07) is 2.06. The molecule has 0 aromatic carbocycles. The van der Waals surface area contributed by atoms with Gasteiger partial charge < -0.3 is 5.32 Å². The molecular weight excluding hydrogens is 348 g/mol. The molecule has 7 nitrogen and oxygen atoms in total. The smallest absolute Gasteiger partial charge is 0.277 e. The third-order valence-electron chi connectivity index (χ3n) is 3.77. The van der Waals surface area contributed by atoms with Gasteiger partial charge in [0.15, 0.2) is 5.69 Å². The van der Waals surface area contributed by atoms with Gasteiger partial charge in [-0.3, -0.25) is 14.8 Å². The molecule has 2 N–H and O–H groups in total. The molecule has 1 saturated heterocycles. The van der Waals surface area contributed by atoms with Crippen molar-refractivity contribution in [1.82, 2.24) is 25.3 Å². The third-order valence-corrected chi connectivity index (χ3v) is 5.04. The van der Waals surface area contributed by atoms with E-state index < -0.39 is 0 Å². The number of piperidine rings is 1. The van der Waals surface area contributed by atoms with Crippen molar-refractivity contribution in [2.24, 2.45) is 0 Å². The average Bonchev–Trinajstić information content (AvgIpc) is 3.16. The van der Waals surface area contributed by atoms with Gasteiger partial charge in [-0.2, -0.15) is 5.10 Å². The zero-order valence-electron chi connectivity index (χ0n) is 14.1. The Kier molecular flexibility index (Phi) is 5.95. The normalized spacial score (nSPS) is 18.0. The fourth-order valence-corrected chi connectivity index (χ4v) is 3.26. The fourth-order valence-electron chi connectivity index (χ4n) is 2.46. The van der Waals surface area contributed by atoms with Crippen LogP contribution in [0.2, 0.25) is 0 Å². The van der Waals surface area contributed by atoms with Gasteiger partial charge in [-0.1, -0.05) is 32.1 Å². The molecule has 2 aromatic rings. The second-order valence-corrected chi connectivity index (χ2v) is 7.78. The summed E-state index contributed by atoms with van der Waals surface area (Å²) in [4.78, 5) is 12.3. The standard InChI is InChI=1S/C15H22N6OS.ClH/c1-15(2,3)13-18-19-14(23-13)17-12(22)11-6-8-21(20-11)10-5-4-7-16-9-10;/h6,8,10,16H,4-5,7,9H2,1-3H3,(H,17,19,22);1H. The van der Waals surface area contributed by atoms with Crippen LogP contribution in [-0.4, -0.2) is 39.0 Å². The zero-order chi connectivity index (χ0) is 16.4. The number of nitrogens with one attached hydrogen (secondary N) is 2. The molecule has 1 aliphatic heterocycles. The number of amides is 1. The second kappa shape index (κ2) is 7.58. The van der Waals surface area contributed by atoms with Crippen LogP contribution in [0.4, 0.5) is 5.13 Å². The van der Waals surface area contributed by atoms with E-state index in [-0.39, 0.29) is 23.7 Å². The Morgan fingerprint density at radius 3 is 2.83 bits per heavy atom. The summed E-state index contributed by atoms with van der Waals surface area (Å²) < 4.78 is 1.88. The molecule has 0 radical (unpaired) electrons. The van der Waals surface area contributed by atoms with Gasteiger partial charge in [-0.25, -0.2) is 0 Å². The van der Waals surface area contributed by atoms with Crippen molar-refractivity contribution in [3.05, 3.63) is 23.0 Å². The Hall–Kier alpha value is -1.51. The average molecular weight is 371 g/mol. The minimum absolute atomic E-state index is 0. The summed E-state index contributed by atoms with van der Waals surface area (Å²) in [7, 11) is 0. The quantitative estimate of drug-likeness (QED) is 0.867. The van der Waals surface area contributed by atoms with E-state index in [2.05, 4.69) is 46.7 Å². The molecule has 1 aliphatic rings. The molecule has 1 atom stereocenters. The number of hydrogen-bond acceptors (Lipinski definition) is 6. The van der Waals surface area contributed by atoms with Crippen molar-refractivity contribution >= 4 is 34.8 Å². The number of halogens is 1. The predicted octanol–water partition coefficient (Wildman–Crippen LogP) is 2.63. The molecule has 0 aliphatic carbocycles. The number of carbonyl (C=O) groups is 1. The molecule has 3 heterocycles. The molecule has 0 bridgehead atoms. The van der Waals surface area contributed by atoms with E-state index >= 15 is 0 Å². The van der Waals surface area contributed by atoms with E-state index in [1.165, 1.54) is 11.3 Å². The maximum absolute atomic E-state index is 12.3. The molecular formula is C15H23ClN6OS. The van der Waals surface area contributed by atoms with Crippen molar-refractivity contribution in [2.45, 2.75) is 45.1 Å². The molecule has 0 saturated carbocycles. The van der Waals surface area contributed by atoms with Crippen LogP contribution in [0, 0.1) is 0 Å². The number of carbonyl (C=O) groups excluding carboxylic acids is 1. The minimum Gasteiger partial charge on any atom is -0.315 e. The van der Waals surface area contributed by atoms with Crippen molar-refractivity contribution in [3.8, 4) is 0 Å². The first-order valence-corrected chi connectivity index (χ1v) is 8.66. The highest BCUT2D eigenvalue weighted by molar-refractivity contribution is 7.15. The first-order chi connectivity index (χ1) is 10.9. The molecule has 132 valence electrons. The van der Waals surface area contributed by atoms with E-state index in [0.717, 1.165) is 30.9 Å². The van der Waals surface area contributed by atoms with Crippen molar-refractivity contribution in [1.29, 1.82) is 0 Å². The molecule has 9 heteroatoms. The Balaban J connectivity index is 0.00000208. The maximum atomic E-state index is 12.3. The predicted molar refractivity (Wildman–Crippen MR) is 97.2 cm³/mol. The Morgan fingerprint density at radius 1 is 1.42 bits per heavy atom. The van der Waals surface area contributed by atoms with Crippen LogP contribution < -0.4 is 10.6 Å². The summed E-state index contributed by atoms with van der Waals surface area (Å²) in [5, 5.41) is 20.1. The van der Waals surface area contributed by atoms with E-state index in [4.69, 9.17) is 0 Å². The summed E-state index contributed by atoms with van der Waals surface area (Å²) in [5.74, 6) is -0.246. The van der Waals surface area contributed by atoms with Crippen LogP contribution in [0.15, 0.2) is 12.3 Å². The summed E-state index contributed by atoms with van der Waals surface area (Å²) >= 11 is 1.40. The lowest BCUT2D eigenvalue weighted by atomic mass is 9.98. The van der Waals surface area contributed by atoms with Crippen LogP contribution in [0.1, 0.15) is 55.2 Å². The lowest BCUT2D eigenvalue weighted by Gasteiger charge is -2.22. The van der Waals surface area contributed by atoms with Crippen LogP contribution in [-0.2, 0) is 5.41 Å². The van der Waals surface area contributed by atoms with Gasteiger partial charge in [0.1, 0.15) is 5.01 Å². The van der Waals surface area contributed by atoms with Gasteiger partial charge in [-0.05, 0) is 25.5 Å². The summed E-state index contributed by atoms with van der Waals surface area (Å²) in [6.45, 7) is 8.16. The molecule has 3 rings (SSSR count). The molecule has 0 spiro atoms. The highest BCUT2D eigenvalue weighted by Crippen LogP contribution is 2.27. The number of hydrogen-bond donors (Lipinski definition) is 2. The van der Waals surface area contributed by atoms with Crippen molar-refractivity contribution in [2.75, 3.05) is 18.4 Å². The highest BCUT2D eigenvalue weighted by atomic mass is 35.5. The Labute approximate surface area is 151 Å². The Morgan fingerprint density at radius 2 is 2.21 bits per heavy atom. The molecule has 1 amide bonds. The summed E-state index contributed by atoms with van der Waals surface area (Å²) in [6.07, 6.45) is 4.08. The van der Waals surface area contributed by atoms with Crippen molar-refractivity contribution in [3.63, 3.8) is 0 Å². The first kappa shape index (κ1) is 18.8. The topological polar surface area (TPSA) is 84.7 Å². The van der Waals surface area contributed by atoms with Crippen LogP contribution in [0.5, 0.6) is 0 Å². The number of aromatic nitrogens is 4. The van der Waals surface area contributed by atoms with Gasteiger partial charge in [0.05, 0.1) is 6.04 Å². The largest absolute Gasteiger partial charge is 0.315 e. The van der Waals surface area contributed by atoms with Crippen LogP contribution in [0.3, 0.4) is 0 Å². The fraction of sp³-hybridized carbons (Fsp3) is 0.600. The SMILES string of the molecule is CC(C)(C)c1nnc(NC(=O)c2ccn(C3CCCNC3)n2)s1.Cl. The molecule has 2 aromatic heterocycles. The minimum atomic E-state index is -0.246. The maximum Gasteiger partial charge on any atom is 0.277 e. The number of rotatable bonds is 3. The van der Waals surface area contributed by atoms with E-state index in [1.54, 1.807) is 6.07 Å². The first-order valence-electron chi connectivity index (χ1n) is 7.85. The van der Waals surface area contributed by atoms with E-state index in [1.807, 2.05) is 10.9 Å². The van der Waals surface area contributed by atoms with Crippen molar-refractivity contribution < 1.29 is 4.79 Å². The second-order valence-electron chi connectivity index (χ2n) is 6.80. The highest BCUT2D eigenvalue weighted by Gasteiger charge is 2.21. The van der Waals surface area contributed by atoms with E-state index in [9.17, 15) is 4.79 Å². The molecule has 1 unspecified atom stereocenters. The third kappa shape index (κ3) is 4.31. The molecule has 24 heavy (non-hydrogen) atoms. The summed E-state index contributed by atoms with van der Waals surface area (Å²) in [5.41, 5.74) is 0.332. The van der Waals surface area contributed by atoms with Gasteiger partial charge in [-0.15, -0.1) is 22.6 Å². The van der Waals surface area contributed by atoms with Gasteiger partial charge >= 0.3 is 0 Å². The van der Waals surface area contributed by atoms with Crippen LogP contribution >= 0.6 is 23.7 Å². The van der Waals surface area contributed by atoms with Gasteiger partial charge in [0.2, 0.25) is 5.13 Å². The molecule has 1 fully saturated rings. The monoisotopic (exact) mass is 370 g/mol. The zero-order valence-corrected chi connectivity index (χ0v) is 15.7. The lowest BCUT2D eigenvalue weighted by Crippen LogP contribution is -2.32. The number of anilines is 1. The van der Waals surface area contributed by atoms with Gasteiger partial charge in [0, 0.05) is 18.2 Å².